The van der Waals surface area contributed by atoms with Crippen LogP contribution < -0.4 is 5.32 Å². The average Bonchev–Trinajstić information content (AvgIpc) is 2.27. The lowest BCUT2D eigenvalue weighted by atomic mass is 10.1. The maximum Gasteiger partial charge on any atom is 0.224 e. The third-order valence-electron chi connectivity index (χ3n) is 3.01. The molecular formula is C13H26N2O2. The van der Waals surface area contributed by atoms with E-state index in [4.69, 9.17) is 4.74 Å². The lowest BCUT2D eigenvalue weighted by molar-refractivity contribution is -0.139. The van der Waals surface area contributed by atoms with E-state index in [1.807, 2.05) is 4.90 Å². The van der Waals surface area contributed by atoms with Crippen molar-refractivity contribution in [1.82, 2.24) is 10.2 Å². The second kappa shape index (κ2) is 6.36. The molecule has 1 saturated heterocycles. The van der Waals surface area contributed by atoms with Gasteiger partial charge in [-0.15, -0.1) is 0 Å². The normalized spacial score (nSPS) is 21.6. The fraction of sp³-hybridized carbons (Fsp3) is 0.923. The Labute approximate surface area is 105 Å². The molecule has 0 saturated carbocycles. The highest BCUT2D eigenvalue weighted by molar-refractivity contribution is 5.76. The molecule has 4 heteroatoms. The van der Waals surface area contributed by atoms with Gasteiger partial charge in [-0.1, -0.05) is 6.92 Å². The van der Waals surface area contributed by atoms with Crippen molar-refractivity contribution in [2.75, 3.05) is 26.3 Å². The van der Waals surface area contributed by atoms with Crippen molar-refractivity contribution in [2.45, 2.75) is 52.1 Å². The molecule has 1 atom stereocenters. The van der Waals surface area contributed by atoms with Crippen LogP contribution in [0.3, 0.4) is 0 Å². The zero-order chi connectivity index (χ0) is 12.9. The van der Waals surface area contributed by atoms with E-state index in [-0.39, 0.29) is 17.5 Å². The molecular weight excluding hydrogens is 216 g/mol. The Kier molecular flexibility index (Phi) is 5.40. The third kappa shape index (κ3) is 5.04. The summed E-state index contributed by atoms with van der Waals surface area (Å²) >= 11 is 0. The summed E-state index contributed by atoms with van der Waals surface area (Å²) in [5.74, 6) is 0.247. The summed E-state index contributed by atoms with van der Waals surface area (Å²) in [7, 11) is 0. The van der Waals surface area contributed by atoms with Gasteiger partial charge in [0.25, 0.3) is 0 Å². The average molecular weight is 242 g/mol. The number of nitrogens with one attached hydrogen (secondary N) is 1. The Bertz CT molecular complexity index is 248. The van der Waals surface area contributed by atoms with Crippen molar-refractivity contribution in [3.63, 3.8) is 0 Å². The summed E-state index contributed by atoms with van der Waals surface area (Å²) in [6.45, 7) is 11.3. The van der Waals surface area contributed by atoms with Gasteiger partial charge in [-0.25, -0.2) is 0 Å². The van der Waals surface area contributed by atoms with Crippen LogP contribution in [0.15, 0.2) is 0 Å². The number of amides is 1. The van der Waals surface area contributed by atoms with Crippen LogP contribution in [-0.2, 0) is 9.53 Å². The zero-order valence-electron chi connectivity index (χ0n) is 11.6. The molecule has 0 bridgehead atoms. The standard InChI is InChI=1S/C13H26N2O2/c1-5-11-10-17-9-8-15(11)12(16)6-7-14-13(2,3)4/h11,14H,5-10H2,1-4H3. The summed E-state index contributed by atoms with van der Waals surface area (Å²) in [5, 5.41) is 3.35. The summed E-state index contributed by atoms with van der Waals surface area (Å²) in [4.78, 5) is 14.1. The van der Waals surface area contributed by atoms with Gasteiger partial charge >= 0.3 is 0 Å². The maximum absolute atomic E-state index is 12.1. The molecule has 0 radical (unpaired) electrons. The van der Waals surface area contributed by atoms with Crippen LogP contribution in [0.25, 0.3) is 0 Å². The van der Waals surface area contributed by atoms with Crippen LogP contribution in [0.4, 0.5) is 0 Å². The molecule has 1 amide bonds. The van der Waals surface area contributed by atoms with Gasteiger partial charge in [0.05, 0.1) is 19.3 Å². The Morgan fingerprint density at radius 3 is 2.76 bits per heavy atom. The minimum absolute atomic E-state index is 0.0788. The van der Waals surface area contributed by atoms with Crippen molar-refractivity contribution in [3.05, 3.63) is 0 Å². The fourth-order valence-corrected chi connectivity index (χ4v) is 2.01. The zero-order valence-corrected chi connectivity index (χ0v) is 11.6. The maximum atomic E-state index is 12.1. The molecule has 17 heavy (non-hydrogen) atoms. The molecule has 1 aliphatic rings. The van der Waals surface area contributed by atoms with Crippen LogP contribution >= 0.6 is 0 Å². The number of nitrogens with zero attached hydrogens (tertiary/aromatic N) is 1. The molecule has 1 rings (SSSR count). The predicted octanol–water partition coefficient (Wildman–Crippen LogP) is 1.40. The first-order valence-electron chi connectivity index (χ1n) is 6.56. The highest BCUT2D eigenvalue weighted by Crippen LogP contribution is 2.11. The van der Waals surface area contributed by atoms with Crippen LogP contribution in [0.1, 0.15) is 40.5 Å². The lowest BCUT2D eigenvalue weighted by Crippen LogP contribution is -2.49. The minimum atomic E-state index is 0.0788. The smallest absolute Gasteiger partial charge is 0.224 e. The van der Waals surface area contributed by atoms with Gasteiger partial charge in [0.2, 0.25) is 5.91 Å². The molecule has 100 valence electrons. The number of ether oxygens (including phenoxy) is 1. The predicted molar refractivity (Wildman–Crippen MR) is 69.0 cm³/mol. The van der Waals surface area contributed by atoms with E-state index in [2.05, 4.69) is 33.0 Å². The summed E-state index contributed by atoms with van der Waals surface area (Å²) in [6.07, 6.45) is 1.55. The van der Waals surface area contributed by atoms with E-state index in [9.17, 15) is 4.79 Å². The molecule has 1 heterocycles. The van der Waals surface area contributed by atoms with Gasteiger partial charge < -0.3 is 15.0 Å². The second-order valence-corrected chi connectivity index (χ2v) is 5.65. The van der Waals surface area contributed by atoms with Gasteiger partial charge in [0.1, 0.15) is 0 Å². The first-order chi connectivity index (χ1) is 7.94. The summed E-state index contributed by atoms with van der Waals surface area (Å²) < 4.78 is 5.40. The SMILES string of the molecule is CCC1COCCN1C(=O)CCNC(C)(C)C. The Balaban J connectivity index is 2.35. The highest BCUT2D eigenvalue weighted by Gasteiger charge is 2.25. The van der Waals surface area contributed by atoms with Crippen molar-refractivity contribution < 1.29 is 9.53 Å². The summed E-state index contributed by atoms with van der Waals surface area (Å²) in [5.41, 5.74) is 0.0788. The number of hydrogen-bond donors (Lipinski definition) is 1. The Hall–Kier alpha value is -0.610. The van der Waals surface area contributed by atoms with Crippen LogP contribution in [0, 0.1) is 0 Å². The second-order valence-electron chi connectivity index (χ2n) is 5.65. The number of morpholine rings is 1. The molecule has 1 N–H and O–H groups in total. The molecule has 1 fully saturated rings. The molecule has 0 aromatic carbocycles. The first kappa shape index (κ1) is 14.5. The number of hydrogen-bond acceptors (Lipinski definition) is 3. The van der Waals surface area contributed by atoms with Crippen molar-refractivity contribution in [2.24, 2.45) is 0 Å². The van der Waals surface area contributed by atoms with Crippen LogP contribution in [0.2, 0.25) is 0 Å². The topological polar surface area (TPSA) is 41.6 Å². The van der Waals surface area contributed by atoms with E-state index in [0.717, 1.165) is 19.5 Å². The fourth-order valence-electron chi connectivity index (χ4n) is 2.01. The third-order valence-corrected chi connectivity index (χ3v) is 3.01. The molecule has 0 aromatic rings. The van der Waals surface area contributed by atoms with E-state index in [1.54, 1.807) is 0 Å². The molecule has 0 spiro atoms. The summed E-state index contributed by atoms with van der Waals surface area (Å²) in [6, 6.07) is 0.269. The van der Waals surface area contributed by atoms with E-state index < -0.39 is 0 Å². The van der Waals surface area contributed by atoms with Crippen molar-refractivity contribution >= 4 is 5.91 Å². The Morgan fingerprint density at radius 1 is 1.47 bits per heavy atom. The van der Waals surface area contributed by atoms with Crippen LogP contribution in [0.5, 0.6) is 0 Å². The minimum Gasteiger partial charge on any atom is -0.377 e. The van der Waals surface area contributed by atoms with Crippen molar-refractivity contribution in [1.29, 1.82) is 0 Å². The van der Waals surface area contributed by atoms with E-state index in [0.29, 0.717) is 19.6 Å². The monoisotopic (exact) mass is 242 g/mol. The first-order valence-corrected chi connectivity index (χ1v) is 6.56. The van der Waals surface area contributed by atoms with E-state index in [1.165, 1.54) is 0 Å². The number of rotatable bonds is 4. The molecule has 1 unspecified atom stereocenters. The molecule has 4 nitrogen and oxygen atoms in total. The van der Waals surface area contributed by atoms with Crippen molar-refractivity contribution in [3.8, 4) is 0 Å². The molecule has 0 aromatic heterocycles. The Morgan fingerprint density at radius 2 is 2.18 bits per heavy atom. The number of carbonyl (C=O) groups is 1. The van der Waals surface area contributed by atoms with Gasteiger partial charge in [0.15, 0.2) is 0 Å². The van der Waals surface area contributed by atoms with Gasteiger partial charge in [-0.3, -0.25) is 4.79 Å². The van der Waals surface area contributed by atoms with Gasteiger partial charge in [-0.05, 0) is 27.2 Å². The van der Waals surface area contributed by atoms with E-state index >= 15 is 0 Å². The largest absolute Gasteiger partial charge is 0.377 e. The van der Waals surface area contributed by atoms with Gasteiger partial charge in [0, 0.05) is 25.0 Å². The lowest BCUT2D eigenvalue weighted by Gasteiger charge is -2.35. The number of carbonyl (C=O) groups excluding carboxylic acids is 1. The molecule has 0 aliphatic carbocycles. The van der Waals surface area contributed by atoms with Gasteiger partial charge in [-0.2, -0.15) is 0 Å². The quantitative estimate of drug-likeness (QED) is 0.810. The van der Waals surface area contributed by atoms with Crippen LogP contribution in [-0.4, -0.2) is 48.7 Å². The molecule has 1 aliphatic heterocycles. The highest BCUT2D eigenvalue weighted by atomic mass is 16.5.